The van der Waals surface area contributed by atoms with E-state index in [1.54, 1.807) is 45.9 Å². The highest BCUT2D eigenvalue weighted by atomic mass is 16.6. The first kappa shape index (κ1) is 41.1. The van der Waals surface area contributed by atoms with Gasteiger partial charge in [-0.3, -0.25) is 24.0 Å². The highest BCUT2D eigenvalue weighted by molar-refractivity contribution is 5.92. The van der Waals surface area contributed by atoms with Gasteiger partial charge in [0.2, 0.25) is 0 Å². The number of hydrogen-bond acceptors (Lipinski definition) is 13. The number of ether oxygens (including phenoxy) is 5. The van der Waals surface area contributed by atoms with E-state index in [-0.39, 0.29) is 11.1 Å². The van der Waals surface area contributed by atoms with Crippen LogP contribution in [0.5, 0.6) is 0 Å². The van der Waals surface area contributed by atoms with Crippen molar-refractivity contribution in [3.8, 4) is 0 Å². The fourth-order valence-electron chi connectivity index (χ4n) is 6.82. The van der Waals surface area contributed by atoms with Crippen LogP contribution in [-0.2, 0) is 47.7 Å². The van der Waals surface area contributed by atoms with Crippen LogP contribution < -0.4 is 0 Å². The van der Waals surface area contributed by atoms with Crippen molar-refractivity contribution in [1.82, 2.24) is 0 Å². The molecule has 13 nitrogen and oxygen atoms in total. The molecule has 0 heterocycles. The van der Waals surface area contributed by atoms with Crippen LogP contribution in [0.15, 0.2) is 54.6 Å². The maximum absolute atomic E-state index is 14.4. The lowest BCUT2D eigenvalue weighted by Crippen LogP contribution is -2.58. The smallest absolute Gasteiger partial charge is 0.338 e. The molecule has 10 atom stereocenters. The third-order valence-electron chi connectivity index (χ3n) is 9.65. The fourth-order valence-corrected chi connectivity index (χ4v) is 6.82. The van der Waals surface area contributed by atoms with Crippen molar-refractivity contribution in [2.45, 2.75) is 117 Å². The van der Waals surface area contributed by atoms with Gasteiger partial charge in [0, 0.05) is 44.1 Å². The van der Waals surface area contributed by atoms with Gasteiger partial charge in [-0.25, -0.2) is 4.79 Å². The molecule has 0 radical (unpaired) electrons. The standard InChI is InChI=1S/C38H50O13/c1-11-20(2)34(44)49-28-22(4)29(50-35(45)26-15-13-12-14-16-26)30(47-23(5)39)33(48-24(6)40)36(8,9)18-17-21(3)31(42)38(46)19-37(10,51-25(7)41)32(43)27(28)38/h12-18,20-21,27-30,32-33,43,46H,4,11,19H2,1-3,5-10H3/b18-17+/t20-,21+,27+,28+,29+,30-,32-,33-,37-,38-/m1/s1. The van der Waals surface area contributed by atoms with Crippen LogP contribution in [0.1, 0.15) is 85.5 Å². The van der Waals surface area contributed by atoms with Crippen LogP contribution in [-0.4, -0.2) is 87.6 Å². The molecule has 1 aromatic carbocycles. The van der Waals surface area contributed by atoms with E-state index in [9.17, 15) is 39.0 Å². The van der Waals surface area contributed by atoms with Crippen LogP contribution in [0.4, 0.5) is 0 Å². The minimum Gasteiger partial charge on any atom is -0.458 e. The summed E-state index contributed by atoms with van der Waals surface area (Å²) < 4.78 is 29.2. The van der Waals surface area contributed by atoms with E-state index in [0.29, 0.717) is 6.42 Å². The van der Waals surface area contributed by atoms with Gasteiger partial charge in [0.25, 0.3) is 0 Å². The quantitative estimate of drug-likeness (QED) is 0.225. The van der Waals surface area contributed by atoms with Gasteiger partial charge in [-0.05, 0) is 25.5 Å². The third-order valence-corrected chi connectivity index (χ3v) is 9.65. The van der Waals surface area contributed by atoms with Gasteiger partial charge in [0.05, 0.1) is 17.4 Å². The van der Waals surface area contributed by atoms with Crippen molar-refractivity contribution in [3.05, 3.63) is 60.2 Å². The Morgan fingerprint density at radius 2 is 1.51 bits per heavy atom. The molecule has 0 unspecified atom stereocenters. The molecule has 0 amide bonds. The summed E-state index contributed by atoms with van der Waals surface area (Å²) in [7, 11) is 0. The predicted molar refractivity (Wildman–Crippen MR) is 182 cm³/mol. The maximum atomic E-state index is 14.4. The molecule has 0 aliphatic heterocycles. The van der Waals surface area contributed by atoms with E-state index in [1.807, 2.05) is 0 Å². The first-order chi connectivity index (χ1) is 23.6. The zero-order chi connectivity index (χ0) is 38.6. The van der Waals surface area contributed by atoms with Gasteiger partial charge >= 0.3 is 29.8 Å². The number of Topliss-reactive ketones (excluding diaryl/α,β-unsaturated/α-hetero) is 1. The molecule has 1 fully saturated rings. The van der Waals surface area contributed by atoms with Gasteiger partial charge in [0.1, 0.15) is 23.4 Å². The normalized spacial score (nSPS) is 33.3. The number of esters is 5. The average Bonchev–Trinajstić information content (AvgIpc) is 3.25. The summed E-state index contributed by atoms with van der Waals surface area (Å²) in [5, 5.41) is 24.5. The zero-order valence-electron chi connectivity index (χ0n) is 30.7. The minimum atomic E-state index is -2.53. The number of benzene rings is 1. The van der Waals surface area contributed by atoms with Crippen LogP contribution in [0.2, 0.25) is 0 Å². The Balaban J connectivity index is 2.47. The van der Waals surface area contributed by atoms with Crippen molar-refractivity contribution < 1.29 is 62.7 Å². The van der Waals surface area contributed by atoms with Crippen LogP contribution in [0, 0.1) is 23.2 Å². The summed E-state index contributed by atoms with van der Waals surface area (Å²) >= 11 is 0. The fraction of sp³-hybridized carbons (Fsp3) is 0.579. The Morgan fingerprint density at radius 1 is 0.922 bits per heavy atom. The largest absolute Gasteiger partial charge is 0.458 e. The van der Waals surface area contributed by atoms with Crippen molar-refractivity contribution in [2.75, 3.05) is 0 Å². The first-order valence-electron chi connectivity index (χ1n) is 16.9. The Hall–Kier alpha value is -4.36. The number of hydrogen-bond donors (Lipinski definition) is 2. The average molecular weight is 715 g/mol. The van der Waals surface area contributed by atoms with Gasteiger partial charge in [-0.2, -0.15) is 0 Å². The molecule has 2 N–H and O–H groups in total. The minimum absolute atomic E-state index is 0.0678. The second kappa shape index (κ2) is 15.9. The van der Waals surface area contributed by atoms with Gasteiger partial charge < -0.3 is 33.9 Å². The molecular weight excluding hydrogens is 664 g/mol. The second-order valence-electron chi connectivity index (χ2n) is 14.3. The van der Waals surface area contributed by atoms with Crippen molar-refractivity contribution >= 4 is 35.6 Å². The molecule has 0 bridgehead atoms. The molecule has 2 aliphatic rings. The lowest BCUT2D eigenvalue weighted by Gasteiger charge is -2.43. The molecule has 0 spiro atoms. The Bertz CT molecular complexity index is 1550. The number of ketones is 1. The third kappa shape index (κ3) is 8.93. The van der Waals surface area contributed by atoms with E-state index in [1.165, 1.54) is 38.1 Å². The summed E-state index contributed by atoms with van der Waals surface area (Å²) in [5.41, 5.74) is -5.92. The second-order valence-corrected chi connectivity index (χ2v) is 14.3. The van der Waals surface area contributed by atoms with E-state index in [4.69, 9.17) is 23.7 Å². The summed E-state index contributed by atoms with van der Waals surface area (Å²) in [6, 6.07) is 7.76. The van der Waals surface area contributed by atoms with Crippen molar-refractivity contribution in [1.29, 1.82) is 0 Å². The molecule has 0 aromatic heterocycles. The highest BCUT2D eigenvalue weighted by Crippen LogP contribution is 2.51. The molecule has 51 heavy (non-hydrogen) atoms. The van der Waals surface area contributed by atoms with Crippen molar-refractivity contribution in [3.63, 3.8) is 0 Å². The topological polar surface area (TPSA) is 189 Å². The van der Waals surface area contributed by atoms with E-state index in [0.717, 1.165) is 20.8 Å². The molecule has 13 heteroatoms. The summed E-state index contributed by atoms with van der Waals surface area (Å²) in [6.45, 7) is 16.9. The number of aliphatic hydroxyl groups is 2. The van der Waals surface area contributed by atoms with Crippen LogP contribution in [0.25, 0.3) is 0 Å². The van der Waals surface area contributed by atoms with Gasteiger partial charge in [-0.15, -0.1) is 0 Å². The molecule has 1 saturated carbocycles. The highest BCUT2D eigenvalue weighted by Gasteiger charge is 2.68. The van der Waals surface area contributed by atoms with Gasteiger partial charge in [-0.1, -0.05) is 71.5 Å². The molecule has 0 saturated heterocycles. The lowest BCUT2D eigenvalue weighted by molar-refractivity contribution is -0.186. The Kier molecular flexibility index (Phi) is 12.8. The zero-order valence-corrected chi connectivity index (χ0v) is 30.7. The summed E-state index contributed by atoms with van der Waals surface area (Å²) in [4.78, 5) is 79.4. The molecule has 1 aromatic rings. The lowest BCUT2D eigenvalue weighted by atomic mass is 9.72. The van der Waals surface area contributed by atoms with E-state index >= 15 is 0 Å². The Labute approximate surface area is 298 Å². The van der Waals surface area contributed by atoms with Crippen molar-refractivity contribution in [2.24, 2.45) is 23.2 Å². The van der Waals surface area contributed by atoms with E-state index in [2.05, 4.69) is 6.58 Å². The number of aliphatic hydroxyl groups excluding tert-OH is 1. The monoisotopic (exact) mass is 714 g/mol. The summed E-state index contributed by atoms with van der Waals surface area (Å²) in [6.07, 6.45) is -5.86. The first-order valence-corrected chi connectivity index (χ1v) is 16.9. The molecule has 2 aliphatic carbocycles. The van der Waals surface area contributed by atoms with Crippen LogP contribution >= 0.6 is 0 Å². The van der Waals surface area contributed by atoms with E-state index < -0.39 is 107 Å². The SMILES string of the molecule is C=C1[C@H](OC(=O)c2ccccc2)[C@@H](OC(C)=O)[C@@H](OC(C)=O)C(C)(C)/C=C/[C@H](C)C(=O)[C@@]2(O)C[C@@](C)(OC(C)=O)[C@H](O)[C@@H]2[C@H]1OC(=O)[C@H](C)CC. The Morgan fingerprint density at radius 3 is 2.04 bits per heavy atom. The predicted octanol–water partition coefficient (Wildman–Crippen LogP) is 3.82. The van der Waals surface area contributed by atoms with Gasteiger partial charge in [0.15, 0.2) is 24.1 Å². The van der Waals surface area contributed by atoms with Crippen LogP contribution in [0.3, 0.4) is 0 Å². The number of carbonyl (C=O) groups is 6. The molecule has 3 rings (SSSR count). The number of rotatable bonds is 8. The number of allylic oxidation sites excluding steroid dienone is 1. The number of carbonyl (C=O) groups excluding carboxylic acids is 6. The number of fused-ring (bicyclic) bond motifs is 1. The molecular formula is C38H50O13. The summed E-state index contributed by atoms with van der Waals surface area (Å²) in [5.74, 6) is -8.61. The molecule has 280 valence electrons. The maximum Gasteiger partial charge on any atom is 0.338 e.